The van der Waals surface area contributed by atoms with Gasteiger partial charge in [0.25, 0.3) is 0 Å². The molecular formula is C28H34F3N7O2S. The van der Waals surface area contributed by atoms with E-state index in [-0.39, 0.29) is 5.82 Å². The maximum Gasteiger partial charge on any atom is 0.229 e. The fourth-order valence-electron chi connectivity index (χ4n) is 5.76. The molecule has 0 radical (unpaired) electrons. The predicted molar refractivity (Wildman–Crippen MR) is 151 cm³/mol. The lowest BCUT2D eigenvalue weighted by Crippen LogP contribution is -2.36. The van der Waals surface area contributed by atoms with E-state index in [4.69, 9.17) is 5.10 Å². The predicted octanol–water partition coefficient (Wildman–Crippen LogP) is 4.36. The van der Waals surface area contributed by atoms with Crippen LogP contribution in [0.15, 0.2) is 48.5 Å². The number of aryl methyl sites for hydroxylation is 1. The van der Waals surface area contributed by atoms with Gasteiger partial charge in [-0.25, -0.2) is 26.3 Å². The summed E-state index contributed by atoms with van der Waals surface area (Å²) in [6, 6.07) is 14.7. The smallest absolute Gasteiger partial charge is 0.229 e. The van der Waals surface area contributed by atoms with Crippen LogP contribution < -0.4 is 0 Å². The molecule has 2 aromatic heterocycles. The van der Waals surface area contributed by atoms with Crippen LogP contribution in [0.2, 0.25) is 0 Å². The number of rotatable bonds is 7. The molecule has 1 fully saturated rings. The maximum atomic E-state index is 13.6. The van der Waals surface area contributed by atoms with Gasteiger partial charge in [0.2, 0.25) is 17.0 Å². The molecule has 6 rings (SSSR count). The van der Waals surface area contributed by atoms with Gasteiger partial charge in [-0.15, -0.1) is 5.10 Å². The highest BCUT2D eigenvalue weighted by atomic mass is 32.2. The van der Waals surface area contributed by atoms with Crippen LogP contribution in [0, 0.1) is 5.82 Å². The molecule has 0 bridgehead atoms. The summed E-state index contributed by atoms with van der Waals surface area (Å²) in [4.78, 5) is 2.50. The Labute approximate surface area is 237 Å². The third-order valence-corrected chi connectivity index (χ3v) is 9.06. The van der Waals surface area contributed by atoms with E-state index in [0.717, 1.165) is 79.0 Å². The molecule has 220 valence electrons. The lowest BCUT2D eigenvalue weighted by molar-refractivity contribution is 0.176. The van der Waals surface area contributed by atoms with Crippen LogP contribution in [-0.2, 0) is 29.5 Å². The molecule has 0 aliphatic carbocycles. The van der Waals surface area contributed by atoms with E-state index in [1.54, 1.807) is 12.1 Å². The Hall–Kier alpha value is -3.29. The molecule has 0 saturated carbocycles. The summed E-state index contributed by atoms with van der Waals surface area (Å²) in [7, 11) is -3.31. The number of likely N-dealkylation sites (tertiary alicyclic amines) is 1. The highest BCUT2D eigenvalue weighted by Crippen LogP contribution is 2.31. The molecule has 2 aromatic carbocycles. The standard InChI is InChI=1S/C27H32FN7O2S.CH2F2/c1-38(36,37)33-18-13-25-23(19-33)27(20-7-9-21(28)10-8-20)30-34(25)15-4-14-32-16-11-22(12-17-32)35-26-6-3-2-5-24(26)29-31-35;2-1-3/h2-3,5-10,22H,4,11-19H2,1H3;1H2. The molecule has 0 N–H and O–H groups in total. The third-order valence-electron chi connectivity index (χ3n) is 7.81. The van der Waals surface area contributed by atoms with Crippen LogP contribution in [0.1, 0.15) is 36.6 Å². The lowest BCUT2D eigenvalue weighted by atomic mass is 10.0. The van der Waals surface area contributed by atoms with E-state index in [1.807, 2.05) is 22.9 Å². The topological polar surface area (TPSA) is 89.2 Å². The van der Waals surface area contributed by atoms with E-state index >= 15 is 0 Å². The molecule has 0 unspecified atom stereocenters. The van der Waals surface area contributed by atoms with Crippen LogP contribution in [-0.4, -0.2) is 81.8 Å². The summed E-state index contributed by atoms with van der Waals surface area (Å²) >= 11 is 0. The van der Waals surface area contributed by atoms with Crippen LogP contribution in [0.4, 0.5) is 13.2 Å². The molecular weight excluding hydrogens is 555 g/mol. The Kier molecular flexibility index (Phi) is 9.05. The Balaban J connectivity index is 0.00000108. The summed E-state index contributed by atoms with van der Waals surface area (Å²) < 4.78 is 62.9. The Morgan fingerprint density at radius 1 is 0.976 bits per heavy atom. The Morgan fingerprint density at radius 2 is 1.68 bits per heavy atom. The molecule has 9 nitrogen and oxygen atoms in total. The van der Waals surface area contributed by atoms with Crippen molar-refractivity contribution in [2.75, 3.05) is 39.4 Å². The zero-order valence-electron chi connectivity index (χ0n) is 23.0. The fraction of sp³-hybridized carbons (Fsp3) is 0.464. The van der Waals surface area contributed by atoms with Gasteiger partial charge in [0.1, 0.15) is 11.3 Å². The molecule has 0 atom stereocenters. The normalized spacial score (nSPS) is 16.9. The molecule has 0 amide bonds. The monoisotopic (exact) mass is 589 g/mol. The van der Waals surface area contributed by atoms with Crippen LogP contribution >= 0.6 is 0 Å². The molecule has 2 aliphatic heterocycles. The number of para-hydroxylation sites is 1. The van der Waals surface area contributed by atoms with Gasteiger partial charge >= 0.3 is 0 Å². The van der Waals surface area contributed by atoms with Crippen molar-refractivity contribution in [2.24, 2.45) is 0 Å². The van der Waals surface area contributed by atoms with Crippen molar-refractivity contribution in [3.05, 3.63) is 65.6 Å². The van der Waals surface area contributed by atoms with E-state index in [9.17, 15) is 21.6 Å². The largest absolute Gasteiger partial charge is 0.303 e. The van der Waals surface area contributed by atoms with Gasteiger partial charge in [0, 0.05) is 56.0 Å². The minimum absolute atomic E-state index is 0.297. The van der Waals surface area contributed by atoms with Crippen LogP contribution in [0.3, 0.4) is 0 Å². The van der Waals surface area contributed by atoms with E-state index < -0.39 is 17.0 Å². The van der Waals surface area contributed by atoms with Gasteiger partial charge in [-0.1, -0.05) is 17.3 Å². The minimum atomic E-state index is -3.31. The summed E-state index contributed by atoms with van der Waals surface area (Å²) in [5, 5.41) is 13.6. The number of aromatic nitrogens is 5. The van der Waals surface area contributed by atoms with Crippen molar-refractivity contribution in [3.63, 3.8) is 0 Å². The number of alkyl halides is 2. The number of nitrogens with zero attached hydrogens (tertiary/aromatic N) is 7. The first-order chi connectivity index (χ1) is 19.8. The van der Waals surface area contributed by atoms with Gasteiger partial charge in [-0.05, 0) is 62.2 Å². The van der Waals surface area contributed by atoms with Gasteiger partial charge in [-0.2, -0.15) is 9.40 Å². The molecule has 13 heteroatoms. The number of benzene rings is 2. The molecule has 4 heterocycles. The van der Waals surface area contributed by atoms with Crippen molar-refractivity contribution < 1.29 is 21.6 Å². The second-order valence-electron chi connectivity index (χ2n) is 10.4. The SMILES string of the molecule is CS(=O)(=O)N1CCc2c(c(-c3ccc(F)cc3)nn2CCCN2CCC(n3nnc4ccccc43)CC2)C1.FCF. The Morgan fingerprint density at radius 3 is 2.39 bits per heavy atom. The number of piperidine rings is 1. The van der Waals surface area contributed by atoms with Crippen LogP contribution in [0.5, 0.6) is 0 Å². The molecule has 41 heavy (non-hydrogen) atoms. The highest BCUT2D eigenvalue weighted by molar-refractivity contribution is 7.88. The number of sulfonamides is 1. The lowest BCUT2D eigenvalue weighted by Gasteiger charge is -2.32. The quantitative estimate of drug-likeness (QED) is 0.318. The first-order valence-electron chi connectivity index (χ1n) is 13.7. The number of halogens is 3. The van der Waals surface area contributed by atoms with Gasteiger partial charge in [0.05, 0.1) is 23.5 Å². The van der Waals surface area contributed by atoms with Crippen molar-refractivity contribution >= 4 is 21.1 Å². The minimum Gasteiger partial charge on any atom is -0.303 e. The van der Waals surface area contributed by atoms with Crippen molar-refractivity contribution in [2.45, 2.75) is 44.8 Å². The maximum absolute atomic E-state index is 13.6. The van der Waals surface area contributed by atoms with E-state index in [2.05, 4.69) is 26.0 Å². The molecule has 2 aliphatic rings. The summed E-state index contributed by atoms with van der Waals surface area (Å²) in [5.41, 5.74) is 5.60. The van der Waals surface area contributed by atoms with Gasteiger partial charge in [-0.3, -0.25) is 4.68 Å². The number of hydrogen-bond donors (Lipinski definition) is 0. The molecule has 4 aromatic rings. The van der Waals surface area contributed by atoms with E-state index in [0.29, 0.717) is 25.6 Å². The zero-order valence-corrected chi connectivity index (χ0v) is 23.8. The van der Waals surface area contributed by atoms with Crippen LogP contribution in [0.25, 0.3) is 22.3 Å². The van der Waals surface area contributed by atoms with Crippen molar-refractivity contribution in [1.82, 2.24) is 34.0 Å². The average molecular weight is 590 g/mol. The third kappa shape index (κ3) is 6.62. The zero-order chi connectivity index (χ0) is 29.0. The highest BCUT2D eigenvalue weighted by Gasteiger charge is 2.30. The van der Waals surface area contributed by atoms with Crippen molar-refractivity contribution in [3.8, 4) is 11.3 Å². The average Bonchev–Trinajstić information content (AvgIpc) is 3.56. The first kappa shape index (κ1) is 29.2. The number of fused-ring (bicyclic) bond motifs is 2. The van der Waals surface area contributed by atoms with Gasteiger partial charge in [0.15, 0.2) is 0 Å². The second kappa shape index (κ2) is 12.7. The van der Waals surface area contributed by atoms with Gasteiger partial charge < -0.3 is 4.90 Å². The van der Waals surface area contributed by atoms with E-state index in [1.165, 1.54) is 22.7 Å². The molecule has 0 spiro atoms. The fourth-order valence-corrected chi connectivity index (χ4v) is 6.55. The molecule has 1 saturated heterocycles. The second-order valence-corrected chi connectivity index (χ2v) is 12.4. The Bertz CT molecular complexity index is 1570. The first-order valence-corrected chi connectivity index (χ1v) is 15.6. The van der Waals surface area contributed by atoms with Crippen molar-refractivity contribution in [1.29, 1.82) is 0 Å². The summed E-state index contributed by atoms with van der Waals surface area (Å²) in [6.07, 6.45) is 4.90. The summed E-state index contributed by atoms with van der Waals surface area (Å²) in [5.74, 6) is -0.305. The summed E-state index contributed by atoms with van der Waals surface area (Å²) in [6.45, 7) is 2.76. The number of hydrogen-bond acceptors (Lipinski definition) is 6.